The van der Waals surface area contributed by atoms with Gasteiger partial charge in [-0.05, 0) is 42.4 Å². The van der Waals surface area contributed by atoms with Gasteiger partial charge in [0.05, 0.1) is 0 Å². The van der Waals surface area contributed by atoms with E-state index >= 15 is 0 Å². The lowest BCUT2D eigenvalue weighted by atomic mass is 9.88. The molecule has 2 heteroatoms. The fraction of sp³-hybridized carbons (Fsp3) is 0.562. The normalized spacial score (nSPS) is 15.6. The van der Waals surface area contributed by atoms with Crippen molar-refractivity contribution in [3.05, 3.63) is 29.8 Å². The van der Waals surface area contributed by atoms with Crippen molar-refractivity contribution in [1.82, 2.24) is 0 Å². The van der Waals surface area contributed by atoms with Crippen LogP contribution in [0.3, 0.4) is 0 Å². The molecule has 0 unspecified atom stereocenters. The summed E-state index contributed by atoms with van der Waals surface area (Å²) in [6.07, 6.45) is 3.15. The highest BCUT2D eigenvalue weighted by Gasteiger charge is 2.32. The van der Waals surface area contributed by atoms with E-state index in [1.807, 2.05) is 24.1 Å². The van der Waals surface area contributed by atoms with Crippen LogP contribution in [0.2, 0.25) is 0 Å². The Kier molecular flexibility index (Phi) is 3.47. The Bertz CT molecular complexity index is 441. The molecule has 0 aliphatic heterocycles. The van der Waals surface area contributed by atoms with Gasteiger partial charge in [-0.25, -0.2) is 0 Å². The molecular formula is C16H23NO. The maximum atomic E-state index is 12.0. The van der Waals surface area contributed by atoms with E-state index in [4.69, 9.17) is 0 Å². The highest BCUT2D eigenvalue weighted by atomic mass is 16.2. The van der Waals surface area contributed by atoms with Crippen LogP contribution in [0.15, 0.2) is 24.3 Å². The van der Waals surface area contributed by atoms with Gasteiger partial charge in [0.1, 0.15) is 0 Å². The van der Waals surface area contributed by atoms with Gasteiger partial charge in [0.25, 0.3) is 0 Å². The summed E-state index contributed by atoms with van der Waals surface area (Å²) in [5, 5.41) is 0. The molecule has 1 aliphatic rings. The third kappa shape index (κ3) is 3.34. The predicted molar refractivity (Wildman–Crippen MR) is 75.7 cm³/mol. The molecule has 98 valence electrons. The van der Waals surface area contributed by atoms with Crippen molar-refractivity contribution in [1.29, 1.82) is 0 Å². The van der Waals surface area contributed by atoms with Crippen molar-refractivity contribution in [2.45, 2.75) is 40.0 Å². The zero-order valence-corrected chi connectivity index (χ0v) is 11.9. The van der Waals surface area contributed by atoms with Crippen molar-refractivity contribution in [3.63, 3.8) is 0 Å². The molecule has 1 aromatic carbocycles. The van der Waals surface area contributed by atoms with Gasteiger partial charge in [-0.2, -0.15) is 0 Å². The van der Waals surface area contributed by atoms with Gasteiger partial charge in [-0.1, -0.05) is 32.9 Å². The maximum absolute atomic E-state index is 12.0. The van der Waals surface area contributed by atoms with Gasteiger partial charge in [0.2, 0.25) is 5.91 Å². The molecule has 0 radical (unpaired) electrons. The van der Waals surface area contributed by atoms with Crippen molar-refractivity contribution in [2.75, 3.05) is 11.9 Å². The number of carbonyl (C=O) groups excluding carboxylic acids is 1. The van der Waals surface area contributed by atoms with Crippen LogP contribution in [-0.4, -0.2) is 13.0 Å². The van der Waals surface area contributed by atoms with Gasteiger partial charge in [-0.3, -0.25) is 4.79 Å². The summed E-state index contributed by atoms with van der Waals surface area (Å²) in [5.41, 5.74) is 2.60. The van der Waals surface area contributed by atoms with Crippen LogP contribution in [0.1, 0.15) is 39.2 Å². The molecule has 0 saturated heterocycles. The number of hydrogen-bond acceptors (Lipinski definition) is 1. The molecule has 0 N–H and O–H groups in total. The number of anilines is 1. The summed E-state index contributed by atoms with van der Waals surface area (Å²) in [7, 11) is 1.89. The van der Waals surface area contributed by atoms with Crippen molar-refractivity contribution in [3.8, 4) is 0 Å². The minimum Gasteiger partial charge on any atom is -0.315 e. The van der Waals surface area contributed by atoms with Crippen LogP contribution in [0.4, 0.5) is 5.69 Å². The van der Waals surface area contributed by atoms with Gasteiger partial charge in [-0.15, -0.1) is 0 Å². The SMILES string of the molecule is CN(C(=O)C1CC1)c1cccc(CC(C)(C)C)c1. The summed E-state index contributed by atoms with van der Waals surface area (Å²) >= 11 is 0. The van der Waals surface area contributed by atoms with E-state index < -0.39 is 0 Å². The first-order chi connectivity index (χ1) is 8.37. The molecule has 1 amide bonds. The second kappa shape index (κ2) is 4.75. The van der Waals surface area contributed by atoms with E-state index in [-0.39, 0.29) is 17.2 Å². The van der Waals surface area contributed by atoms with E-state index in [0.717, 1.165) is 24.9 Å². The monoisotopic (exact) mass is 245 g/mol. The topological polar surface area (TPSA) is 20.3 Å². The summed E-state index contributed by atoms with van der Waals surface area (Å²) in [5.74, 6) is 0.546. The first-order valence-corrected chi connectivity index (χ1v) is 6.73. The van der Waals surface area contributed by atoms with E-state index in [1.165, 1.54) is 5.56 Å². The lowest BCUT2D eigenvalue weighted by Gasteiger charge is -2.21. The zero-order chi connectivity index (χ0) is 13.3. The number of rotatable bonds is 3. The molecule has 1 fully saturated rings. The first kappa shape index (κ1) is 13.1. The summed E-state index contributed by atoms with van der Waals surface area (Å²) in [6, 6.07) is 8.36. The molecular weight excluding hydrogens is 222 g/mol. The Balaban J connectivity index is 2.13. The van der Waals surface area contributed by atoms with Crippen LogP contribution in [-0.2, 0) is 11.2 Å². The Labute approximate surface area is 110 Å². The molecule has 1 aliphatic carbocycles. The predicted octanol–water partition coefficient (Wildman–Crippen LogP) is 3.65. The average Bonchev–Trinajstić information content (AvgIpc) is 3.09. The van der Waals surface area contributed by atoms with E-state index in [2.05, 4.69) is 32.9 Å². The fourth-order valence-corrected chi connectivity index (χ4v) is 2.22. The van der Waals surface area contributed by atoms with Crippen LogP contribution >= 0.6 is 0 Å². The number of benzene rings is 1. The lowest BCUT2D eigenvalue weighted by molar-refractivity contribution is -0.119. The molecule has 2 nitrogen and oxygen atoms in total. The lowest BCUT2D eigenvalue weighted by Crippen LogP contribution is -2.27. The molecule has 1 aromatic rings. The largest absolute Gasteiger partial charge is 0.315 e. The Hall–Kier alpha value is -1.31. The number of carbonyl (C=O) groups is 1. The van der Waals surface area contributed by atoms with Crippen LogP contribution in [0.25, 0.3) is 0 Å². The summed E-state index contributed by atoms with van der Waals surface area (Å²) in [6.45, 7) is 6.70. The number of hydrogen-bond donors (Lipinski definition) is 0. The second-order valence-corrected chi connectivity index (χ2v) is 6.58. The van der Waals surface area contributed by atoms with Crippen LogP contribution in [0.5, 0.6) is 0 Å². The minimum atomic E-state index is 0.267. The molecule has 2 rings (SSSR count). The molecule has 0 heterocycles. The van der Waals surface area contributed by atoms with E-state index in [9.17, 15) is 4.79 Å². The molecule has 18 heavy (non-hydrogen) atoms. The van der Waals surface area contributed by atoms with E-state index in [1.54, 1.807) is 0 Å². The van der Waals surface area contributed by atoms with E-state index in [0.29, 0.717) is 0 Å². The zero-order valence-electron chi connectivity index (χ0n) is 11.9. The number of nitrogens with zero attached hydrogens (tertiary/aromatic N) is 1. The van der Waals surface area contributed by atoms with Crippen molar-refractivity contribution >= 4 is 11.6 Å². The quantitative estimate of drug-likeness (QED) is 0.796. The second-order valence-electron chi connectivity index (χ2n) is 6.58. The Morgan fingerprint density at radius 2 is 2.00 bits per heavy atom. The van der Waals surface area contributed by atoms with Crippen LogP contribution in [0, 0.1) is 11.3 Å². The van der Waals surface area contributed by atoms with Gasteiger partial charge >= 0.3 is 0 Å². The van der Waals surface area contributed by atoms with Gasteiger partial charge in [0.15, 0.2) is 0 Å². The summed E-state index contributed by atoms with van der Waals surface area (Å²) in [4.78, 5) is 13.8. The van der Waals surface area contributed by atoms with Crippen molar-refractivity contribution < 1.29 is 4.79 Å². The van der Waals surface area contributed by atoms with Gasteiger partial charge < -0.3 is 4.90 Å². The fourth-order valence-electron chi connectivity index (χ4n) is 2.22. The average molecular weight is 245 g/mol. The Morgan fingerprint density at radius 3 is 2.56 bits per heavy atom. The minimum absolute atomic E-state index is 0.267. The highest BCUT2D eigenvalue weighted by Crippen LogP contribution is 2.32. The van der Waals surface area contributed by atoms with Crippen molar-refractivity contribution in [2.24, 2.45) is 11.3 Å². The number of amides is 1. The summed E-state index contributed by atoms with van der Waals surface area (Å²) < 4.78 is 0. The molecule has 0 bridgehead atoms. The van der Waals surface area contributed by atoms with Gasteiger partial charge in [0, 0.05) is 18.7 Å². The highest BCUT2D eigenvalue weighted by molar-refractivity contribution is 5.95. The molecule has 0 spiro atoms. The standard InChI is InChI=1S/C16H23NO/c1-16(2,3)11-12-6-5-7-14(10-12)17(4)15(18)13-8-9-13/h5-7,10,13H,8-9,11H2,1-4H3. The Morgan fingerprint density at radius 1 is 1.33 bits per heavy atom. The maximum Gasteiger partial charge on any atom is 0.229 e. The first-order valence-electron chi connectivity index (χ1n) is 6.73. The third-order valence-corrected chi connectivity index (χ3v) is 3.29. The smallest absolute Gasteiger partial charge is 0.229 e. The third-order valence-electron chi connectivity index (χ3n) is 3.29. The van der Waals surface area contributed by atoms with Crippen LogP contribution < -0.4 is 4.90 Å². The molecule has 0 aromatic heterocycles. The molecule has 1 saturated carbocycles. The molecule has 0 atom stereocenters.